The van der Waals surface area contributed by atoms with Gasteiger partial charge in [0, 0.05) is 12.5 Å². The second-order valence-electron chi connectivity index (χ2n) is 4.27. The summed E-state index contributed by atoms with van der Waals surface area (Å²) in [5, 5.41) is 17.8. The Labute approximate surface area is 118 Å². The Morgan fingerprint density at radius 2 is 2.05 bits per heavy atom. The van der Waals surface area contributed by atoms with Crippen molar-refractivity contribution in [1.29, 1.82) is 5.41 Å². The number of alkyl halides is 3. The van der Waals surface area contributed by atoms with Crippen LogP contribution in [0.1, 0.15) is 24.8 Å². The number of nitro benzene ring substituents is 1. The summed E-state index contributed by atoms with van der Waals surface area (Å²) in [6, 6.07) is 2.12. The fourth-order valence-corrected chi connectivity index (χ4v) is 1.56. The second-order valence-corrected chi connectivity index (χ2v) is 4.27. The van der Waals surface area contributed by atoms with Crippen molar-refractivity contribution in [1.82, 2.24) is 0 Å². The summed E-state index contributed by atoms with van der Waals surface area (Å²) < 4.78 is 42.6. The van der Waals surface area contributed by atoms with E-state index in [2.05, 4.69) is 0 Å². The highest BCUT2D eigenvalue weighted by Crippen LogP contribution is 2.36. The third-order valence-corrected chi connectivity index (χ3v) is 2.58. The summed E-state index contributed by atoms with van der Waals surface area (Å²) in [5.74, 6) is -0.189. The highest BCUT2D eigenvalue weighted by Gasteiger charge is 2.33. The van der Waals surface area contributed by atoms with Gasteiger partial charge in [-0.1, -0.05) is 0 Å². The van der Waals surface area contributed by atoms with Gasteiger partial charge in [-0.2, -0.15) is 13.2 Å². The van der Waals surface area contributed by atoms with Gasteiger partial charge in [0.2, 0.25) is 0 Å². The molecule has 9 heteroatoms. The molecule has 1 aromatic carbocycles. The number of nitrogens with two attached hydrogens (primary N) is 1. The molecule has 21 heavy (non-hydrogen) atoms. The fourth-order valence-electron chi connectivity index (χ4n) is 1.56. The average Bonchev–Trinajstić information content (AvgIpc) is 2.36. The van der Waals surface area contributed by atoms with Gasteiger partial charge in [-0.15, -0.1) is 0 Å². The molecule has 0 fully saturated rings. The molecule has 116 valence electrons. The van der Waals surface area contributed by atoms with Crippen LogP contribution in [0.4, 0.5) is 18.9 Å². The zero-order valence-electron chi connectivity index (χ0n) is 10.9. The summed E-state index contributed by atoms with van der Waals surface area (Å²) in [5.41, 5.74) is 3.33. The average molecular weight is 305 g/mol. The lowest BCUT2D eigenvalue weighted by molar-refractivity contribution is -0.386. The van der Waals surface area contributed by atoms with Crippen molar-refractivity contribution >= 4 is 11.5 Å². The van der Waals surface area contributed by atoms with E-state index in [0.29, 0.717) is 25.3 Å². The molecular formula is C12H14F3N3O3. The highest BCUT2D eigenvalue weighted by molar-refractivity contribution is 5.76. The van der Waals surface area contributed by atoms with E-state index >= 15 is 0 Å². The van der Waals surface area contributed by atoms with Crippen LogP contribution in [0.3, 0.4) is 0 Å². The lowest BCUT2D eigenvalue weighted by atomic mass is 10.2. The summed E-state index contributed by atoms with van der Waals surface area (Å²) in [4.78, 5) is 9.88. The Hall–Kier alpha value is -2.32. The zero-order valence-corrected chi connectivity index (χ0v) is 10.9. The number of nitro groups is 1. The van der Waals surface area contributed by atoms with Crippen LogP contribution in [0.25, 0.3) is 0 Å². The Morgan fingerprint density at radius 3 is 2.57 bits per heavy atom. The number of benzene rings is 1. The number of rotatable bonds is 7. The third kappa shape index (κ3) is 5.28. The molecule has 0 radical (unpaired) electrons. The molecule has 0 aliphatic rings. The molecule has 0 saturated heterocycles. The predicted octanol–water partition coefficient (Wildman–Crippen LogP) is 3.10. The normalized spacial score (nSPS) is 11.2. The molecule has 0 unspecified atom stereocenters. The third-order valence-electron chi connectivity index (χ3n) is 2.58. The molecule has 0 atom stereocenters. The fraction of sp³-hybridized carbons (Fsp3) is 0.417. The molecule has 1 aromatic rings. The SMILES string of the molecule is N=C(N)CCCCOc1ccc(C(F)(F)F)cc1[N+](=O)[O-]. The van der Waals surface area contributed by atoms with E-state index in [4.69, 9.17) is 15.9 Å². The largest absolute Gasteiger partial charge is 0.487 e. The monoisotopic (exact) mass is 305 g/mol. The van der Waals surface area contributed by atoms with E-state index < -0.39 is 22.4 Å². The van der Waals surface area contributed by atoms with Gasteiger partial charge in [-0.05, 0) is 25.0 Å². The molecule has 0 heterocycles. The van der Waals surface area contributed by atoms with Gasteiger partial charge in [0.05, 0.1) is 22.9 Å². The van der Waals surface area contributed by atoms with Gasteiger partial charge in [-0.25, -0.2) is 0 Å². The Bertz CT molecular complexity index is 532. The van der Waals surface area contributed by atoms with Crippen LogP contribution in [0.2, 0.25) is 0 Å². The first-order valence-electron chi connectivity index (χ1n) is 6.03. The van der Waals surface area contributed by atoms with E-state index in [1.54, 1.807) is 0 Å². The number of ether oxygens (including phenoxy) is 1. The van der Waals surface area contributed by atoms with Crippen molar-refractivity contribution in [2.75, 3.05) is 6.61 Å². The smallest absolute Gasteiger partial charge is 0.416 e. The summed E-state index contributed by atoms with van der Waals surface area (Å²) in [7, 11) is 0. The molecule has 0 aromatic heterocycles. The van der Waals surface area contributed by atoms with Gasteiger partial charge >= 0.3 is 11.9 Å². The molecule has 0 bridgehead atoms. The van der Waals surface area contributed by atoms with Crippen LogP contribution in [0.15, 0.2) is 18.2 Å². The van der Waals surface area contributed by atoms with Crippen molar-refractivity contribution in [2.45, 2.75) is 25.4 Å². The maximum absolute atomic E-state index is 12.5. The lowest BCUT2D eigenvalue weighted by Crippen LogP contribution is -2.10. The van der Waals surface area contributed by atoms with Gasteiger partial charge in [0.25, 0.3) is 0 Å². The van der Waals surface area contributed by atoms with Crippen LogP contribution in [-0.2, 0) is 6.18 Å². The standard InChI is InChI=1S/C12H14F3N3O3/c13-12(14,15)8-4-5-10(9(7-8)18(19)20)21-6-2-1-3-11(16)17/h4-5,7H,1-3,6H2,(H3,16,17). The van der Waals surface area contributed by atoms with Crippen LogP contribution in [-0.4, -0.2) is 17.4 Å². The van der Waals surface area contributed by atoms with E-state index in [1.807, 2.05) is 0 Å². The molecular weight excluding hydrogens is 291 g/mol. The minimum atomic E-state index is -4.65. The van der Waals surface area contributed by atoms with Gasteiger partial charge in [-0.3, -0.25) is 15.5 Å². The van der Waals surface area contributed by atoms with Crippen molar-refractivity contribution in [3.8, 4) is 5.75 Å². The number of unbranched alkanes of at least 4 members (excludes halogenated alkanes) is 1. The van der Waals surface area contributed by atoms with E-state index in [0.717, 1.165) is 12.1 Å². The molecule has 0 saturated carbocycles. The number of nitrogens with zero attached hydrogens (tertiary/aromatic N) is 1. The molecule has 6 nitrogen and oxygen atoms in total. The van der Waals surface area contributed by atoms with E-state index in [-0.39, 0.29) is 18.2 Å². The summed E-state index contributed by atoms with van der Waals surface area (Å²) in [6.07, 6.45) is -3.23. The minimum absolute atomic E-state index is 0.0236. The number of hydrogen-bond acceptors (Lipinski definition) is 4. The van der Waals surface area contributed by atoms with Gasteiger partial charge in [0.15, 0.2) is 5.75 Å². The maximum atomic E-state index is 12.5. The van der Waals surface area contributed by atoms with Gasteiger partial charge in [0.1, 0.15) is 0 Å². The predicted molar refractivity (Wildman–Crippen MR) is 69.4 cm³/mol. The van der Waals surface area contributed by atoms with Crippen LogP contribution in [0, 0.1) is 15.5 Å². The number of nitrogens with one attached hydrogen (secondary N) is 1. The van der Waals surface area contributed by atoms with E-state index in [9.17, 15) is 23.3 Å². The maximum Gasteiger partial charge on any atom is 0.416 e. The summed E-state index contributed by atoms with van der Waals surface area (Å²) in [6.45, 7) is 0.0967. The molecule has 0 amide bonds. The number of hydrogen-bond donors (Lipinski definition) is 2. The summed E-state index contributed by atoms with van der Waals surface area (Å²) >= 11 is 0. The minimum Gasteiger partial charge on any atom is -0.487 e. The topological polar surface area (TPSA) is 102 Å². The lowest BCUT2D eigenvalue weighted by Gasteiger charge is -2.10. The van der Waals surface area contributed by atoms with E-state index in [1.165, 1.54) is 0 Å². The Kier molecular flexibility index (Phi) is 5.51. The highest BCUT2D eigenvalue weighted by atomic mass is 19.4. The number of amidine groups is 1. The van der Waals surface area contributed by atoms with Crippen molar-refractivity contribution < 1.29 is 22.8 Å². The molecule has 1 rings (SSSR count). The van der Waals surface area contributed by atoms with Crippen molar-refractivity contribution in [2.24, 2.45) is 5.73 Å². The molecule has 0 aliphatic heterocycles. The zero-order chi connectivity index (χ0) is 16.0. The molecule has 0 spiro atoms. The van der Waals surface area contributed by atoms with Crippen LogP contribution in [0.5, 0.6) is 5.75 Å². The Morgan fingerprint density at radius 1 is 1.38 bits per heavy atom. The Balaban J connectivity index is 2.74. The first-order chi connectivity index (χ1) is 9.71. The second kappa shape index (κ2) is 6.91. The quantitative estimate of drug-likeness (QED) is 0.265. The van der Waals surface area contributed by atoms with Gasteiger partial charge < -0.3 is 10.5 Å². The molecule has 0 aliphatic carbocycles. The van der Waals surface area contributed by atoms with Crippen molar-refractivity contribution in [3.63, 3.8) is 0 Å². The first-order valence-corrected chi connectivity index (χ1v) is 6.03. The van der Waals surface area contributed by atoms with Crippen LogP contribution >= 0.6 is 0 Å². The molecule has 3 N–H and O–H groups in total. The van der Waals surface area contributed by atoms with Crippen molar-refractivity contribution in [3.05, 3.63) is 33.9 Å². The van der Waals surface area contributed by atoms with Crippen LogP contribution < -0.4 is 10.5 Å². The first kappa shape index (κ1) is 16.7. The number of halogens is 3.